The molecule has 0 aliphatic carbocycles. The van der Waals surface area contributed by atoms with Crippen molar-refractivity contribution in [2.75, 3.05) is 6.54 Å². The van der Waals surface area contributed by atoms with Gasteiger partial charge in [-0.05, 0) is 18.1 Å². The fourth-order valence-electron chi connectivity index (χ4n) is 1.63. The maximum atomic E-state index is 11.5. The van der Waals surface area contributed by atoms with Gasteiger partial charge in [-0.3, -0.25) is 14.9 Å². The van der Waals surface area contributed by atoms with Crippen LogP contribution in [0.5, 0.6) is 0 Å². The standard InChI is InChI=1S/C14H18N2O4/c1-2-4-13(17)10-15-14(18)8-7-11-5-3-6-12(9-11)16(19)20/h3,5-9,13,17H,2,4,10H2,1H3,(H,15,18)/b8-7+. The molecule has 6 heteroatoms. The minimum atomic E-state index is -0.546. The number of carbonyl (C=O) groups is 1. The first-order valence-electron chi connectivity index (χ1n) is 6.41. The molecule has 0 bridgehead atoms. The van der Waals surface area contributed by atoms with E-state index in [1.54, 1.807) is 12.1 Å². The van der Waals surface area contributed by atoms with Gasteiger partial charge < -0.3 is 10.4 Å². The van der Waals surface area contributed by atoms with E-state index >= 15 is 0 Å². The lowest BCUT2D eigenvalue weighted by molar-refractivity contribution is -0.384. The smallest absolute Gasteiger partial charge is 0.270 e. The first-order valence-corrected chi connectivity index (χ1v) is 6.41. The number of nitrogens with zero attached hydrogens (tertiary/aromatic N) is 1. The van der Waals surface area contributed by atoms with Crippen LogP contribution in [0.4, 0.5) is 5.69 Å². The predicted octanol–water partition coefficient (Wildman–Crippen LogP) is 1.89. The molecule has 1 aromatic carbocycles. The van der Waals surface area contributed by atoms with Gasteiger partial charge in [0.2, 0.25) is 5.91 Å². The molecule has 0 aliphatic rings. The van der Waals surface area contributed by atoms with Crippen molar-refractivity contribution < 1.29 is 14.8 Å². The molecule has 0 heterocycles. The summed E-state index contributed by atoms with van der Waals surface area (Å²) >= 11 is 0. The molecule has 0 radical (unpaired) electrons. The van der Waals surface area contributed by atoms with Crippen LogP contribution in [0.25, 0.3) is 6.08 Å². The Kier molecular flexibility index (Phi) is 6.39. The number of amides is 1. The molecule has 2 N–H and O–H groups in total. The molecule has 0 aromatic heterocycles. The van der Waals surface area contributed by atoms with Crippen molar-refractivity contribution >= 4 is 17.7 Å². The highest BCUT2D eigenvalue weighted by atomic mass is 16.6. The number of nitro groups is 1. The normalized spacial score (nSPS) is 12.3. The Morgan fingerprint density at radius 1 is 1.55 bits per heavy atom. The lowest BCUT2D eigenvalue weighted by Crippen LogP contribution is -2.30. The average molecular weight is 278 g/mol. The Morgan fingerprint density at radius 3 is 2.95 bits per heavy atom. The zero-order valence-electron chi connectivity index (χ0n) is 11.3. The van der Waals surface area contributed by atoms with Gasteiger partial charge in [-0.1, -0.05) is 25.5 Å². The summed E-state index contributed by atoms with van der Waals surface area (Å²) in [5, 5.41) is 22.6. The highest BCUT2D eigenvalue weighted by Gasteiger charge is 2.05. The summed E-state index contributed by atoms with van der Waals surface area (Å²) in [5.74, 6) is -0.341. The van der Waals surface area contributed by atoms with Gasteiger partial charge in [0.15, 0.2) is 0 Å². The molecule has 20 heavy (non-hydrogen) atoms. The van der Waals surface area contributed by atoms with E-state index in [4.69, 9.17) is 0 Å². The lowest BCUT2D eigenvalue weighted by atomic mass is 10.2. The quantitative estimate of drug-likeness (QED) is 0.452. The van der Waals surface area contributed by atoms with Crippen LogP contribution in [-0.4, -0.2) is 28.6 Å². The highest BCUT2D eigenvalue weighted by molar-refractivity contribution is 5.91. The summed E-state index contributed by atoms with van der Waals surface area (Å²) in [5.41, 5.74) is 0.550. The van der Waals surface area contributed by atoms with E-state index in [1.807, 2.05) is 6.92 Å². The number of hydrogen-bond donors (Lipinski definition) is 2. The zero-order valence-corrected chi connectivity index (χ0v) is 11.3. The second-order valence-electron chi connectivity index (χ2n) is 4.37. The molecule has 0 saturated carbocycles. The minimum absolute atomic E-state index is 0.0223. The van der Waals surface area contributed by atoms with Crippen LogP contribution in [0.1, 0.15) is 25.3 Å². The Labute approximate surface area is 117 Å². The monoisotopic (exact) mass is 278 g/mol. The van der Waals surface area contributed by atoms with E-state index in [0.29, 0.717) is 12.0 Å². The molecular weight excluding hydrogens is 260 g/mol. The fourth-order valence-corrected chi connectivity index (χ4v) is 1.63. The van der Waals surface area contributed by atoms with Crippen molar-refractivity contribution in [3.8, 4) is 0 Å². The number of nitro benzene ring substituents is 1. The first kappa shape index (κ1) is 15.8. The molecule has 1 rings (SSSR count). The number of hydrogen-bond acceptors (Lipinski definition) is 4. The zero-order chi connectivity index (χ0) is 15.0. The molecule has 108 valence electrons. The molecule has 0 aliphatic heterocycles. The van der Waals surface area contributed by atoms with E-state index in [2.05, 4.69) is 5.32 Å². The molecule has 0 fully saturated rings. The van der Waals surface area contributed by atoms with Gasteiger partial charge in [0, 0.05) is 24.8 Å². The Bertz CT molecular complexity index is 500. The largest absolute Gasteiger partial charge is 0.391 e. The van der Waals surface area contributed by atoms with E-state index in [1.165, 1.54) is 24.3 Å². The Hall–Kier alpha value is -2.21. The molecule has 1 amide bonds. The second-order valence-corrected chi connectivity index (χ2v) is 4.37. The van der Waals surface area contributed by atoms with Crippen molar-refractivity contribution in [1.29, 1.82) is 0 Å². The van der Waals surface area contributed by atoms with Gasteiger partial charge in [-0.2, -0.15) is 0 Å². The second kappa shape index (κ2) is 8.06. The summed E-state index contributed by atoms with van der Waals surface area (Å²) in [6.45, 7) is 2.15. The summed E-state index contributed by atoms with van der Waals surface area (Å²) in [4.78, 5) is 21.6. The van der Waals surface area contributed by atoms with E-state index < -0.39 is 11.0 Å². The summed E-state index contributed by atoms with van der Waals surface area (Å²) in [7, 11) is 0. The summed E-state index contributed by atoms with van der Waals surface area (Å²) < 4.78 is 0. The molecule has 1 atom stereocenters. The van der Waals surface area contributed by atoms with Crippen molar-refractivity contribution in [3.05, 3.63) is 46.0 Å². The third kappa shape index (κ3) is 5.62. The van der Waals surface area contributed by atoms with Crippen LogP contribution in [-0.2, 0) is 4.79 Å². The third-order valence-corrected chi connectivity index (χ3v) is 2.64. The lowest BCUT2D eigenvalue weighted by Gasteiger charge is -2.08. The van der Waals surface area contributed by atoms with Crippen LogP contribution in [0.2, 0.25) is 0 Å². The number of carbonyl (C=O) groups excluding carboxylic acids is 1. The number of nitrogens with one attached hydrogen (secondary N) is 1. The average Bonchev–Trinajstić information content (AvgIpc) is 2.43. The SMILES string of the molecule is CCCC(O)CNC(=O)/C=C/c1cccc([N+](=O)[O-])c1. The van der Waals surface area contributed by atoms with Gasteiger partial charge in [-0.25, -0.2) is 0 Å². The minimum Gasteiger partial charge on any atom is -0.391 e. The predicted molar refractivity (Wildman–Crippen MR) is 76.1 cm³/mol. The van der Waals surface area contributed by atoms with Crippen LogP contribution < -0.4 is 5.32 Å². The number of aliphatic hydroxyl groups excluding tert-OH is 1. The number of aliphatic hydroxyl groups is 1. The number of benzene rings is 1. The number of non-ortho nitro benzene ring substituents is 1. The summed E-state index contributed by atoms with van der Waals surface area (Å²) in [6.07, 6.45) is 3.72. The maximum absolute atomic E-state index is 11.5. The molecule has 1 aromatic rings. The van der Waals surface area contributed by atoms with Crippen molar-refractivity contribution in [1.82, 2.24) is 5.32 Å². The van der Waals surface area contributed by atoms with Crippen molar-refractivity contribution in [2.45, 2.75) is 25.9 Å². The van der Waals surface area contributed by atoms with Gasteiger partial charge in [0.1, 0.15) is 0 Å². The van der Waals surface area contributed by atoms with E-state index in [9.17, 15) is 20.0 Å². The van der Waals surface area contributed by atoms with Gasteiger partial charge >= 0.3 is 0 Å². The van der Waals surface area contributed by atoms with Crippen LogP contribution in [0, 0.1) is 10.1 Å². The van der Waals surface area contributed by atoms with Crippen molar-refractivity contribution in [3.63, 3.8) is 0 Å². The Morgan fingerprint density at radius 2 is 2.30 bits per heavy atom. The summed E-state index contributed by atoms with van der Waals surface area (Å²) in [6, 6.07) is 6.00. The van der Waals surface area contributed by atoms with Crippen molar-refractivity contribution in [2.24, 2.45) is 0 Å². The Balaban J connectivity index is 2.53. The van der Waals surface area contributed by atoms with Gasteiger partial charge in [-0.15, -0.1) is 0 Å². The van der Waals surface area contributed by atoms with E-state index in [0.717, 1.165) is 6.42 Å². The topological polar surface area (TPSA) is 92.5 Å². The number of rotatable bonds is 7. The maximum Gasteiger partial charge on any atom is 0.270 e. The molecular formula is C14H18N2O4. The van der Waals surface area contributed by atoms with Crippen LogP contribution in [0.3, 0.4) is 0 Å². The van der Waals surface area contributed by atoms with Crippen LogP contribution in [0.15, 0.2) is 30.3 Å². The molecule has 0 saturated heterocycles. The molecule has 0 spiro atoms. The first-order chi connectivity index (χ1) is 9.52. The third-order valence-electron chi connectivity index (χ3n) is 2.64. The van der Waals surface area contributed by atoms with E-state index in [-0.39, 0.29) is 18.1 Å². The van der Waals surface area contributed by atoms with Gasteiger partial charge in [0.05, 0.1) is 11.0 Å². The highest BCUT2D eigenvalue weighted by Crippen LogP contribution is 2.13. The van der Waals surface area contributed by atoms with Crippen LogP contribution >= 0.6 is 0 Å². The molecule has 1 unspecified atom stereocenters. The van der Waals surface area contributed by atoms with Gasteiger partial charge in [0.25, 0.3) is 5.69 Å². The fraction of sp³-hybridized carbons (Fsp3) is 0.357. The molecule has 6 nitrogen and oxygen atoms in total.